The molecule has 0 saturated carbocycles. The molecule has 0 aliphatic heterocycles. The molecule has 194 valence electrons. The van der Waals surface area contributed by atoms with Gasteiger partial charge in [-0.1, -0.05) is 69.3 Å². The molecule has 0 amide bonds. The number of hydrogen-bond acceptors (Lipinski definition) is 5. The summed E-state index contributed by atoms with van der Waals surface area (Å²) >= 11 is 0. The molecule has 5 rings (SSSR count). The van der Waals surface area contributed by atoms with Gasteiger partial charge >= 0.3 is 5.69 Å². The van der Waals surface area contributed by atoms with E-state index in [1.165, 1.54) is 17.7 Å². The Kier molecular flexibility index (Phi) is 6.44. The second kappa shape index (κ2) is 9.74. The Bertz CT molecular complexity index is 1730. The maximum absolute atomic E-state index is 13.6. The topological polar surface area (TPSA) is 83.9 Å². The number of pyridine rings is 1. The van der Waals surface area contributed by atoms with E-state index < -0.39 is 17.2 Å². The van der Waals surface area contributed by atoms with E-state index in [1.54, 1.807) is 28.9 Å². The standard InChI is InChI=1S/C29H28FN5O3/c1-29(2,3)18-34-25-24(26(36)33(4)28(34)37)27(38-21-9-6-5-7-10-21)35(32-25)17-19-13-15-20(16-14-19)22-11-8-12-23(30)31-22/h5-16H,17-18H2,1-4H3. The third-order valence-corrected chi connectivity index (χ3v) is 6.07. The summed E-state index contributed by atoms with van der Waals surface area (Å²) in [5, 5.41) is 4.96. The Hall–Kier alpha value is -4.53. The highest BCUT2D eigenvalue weighted by molar-refractivity contribution is 5.81. The SMILES string of the molecule is Cn1c(=O)c2c(Oc3ccccc3)n(Cc3ccc(-c4cccc(F)n4)cc3)nc2n(CC(C)(C)C)c1=O. The number of halogens is 1. The first-order chi connectivity index (χ1) is 18.1. The lowest BCUT2D eigenvalue weighted by Crippen LogP contribution is -2.40. The molecular formula is C29H28FN5O3. The minimum Gasteiger partial charge on any atom is -0.438 e. The lowest BCUT2D eigenvalue weighted by molar-refractivity contribution is 0.337. The van der Waals surface area contributed by atoms with E-state index in [-0.39, 0.29) is 28.9 Å². The lowest BCUT2D eigenvalue weighted by Gasteiger charge is -2.20. The summed E-state index contributed by atoms with van der Waals surface area (Å²) in [5.74, 6) is 0.254. The molecule has 0 N–H and O–H groups in total. The fraction of sp³-hybridized carbons (Fsp3) is 0.241. The summed E-state index contributed by atoms with van der Waals surface area (Å²) in [6, 6.07) is 21.3. The maximum Gasteiger partial charge on any atom is 0.332 e. The quantitative estimate of drug-likeness (QED) is 0.299. The van der Waals surface area contributed by atoms with Gasteiger partial charge in [-0.2, -0.15) is 9.49 Å². The minimum absolute atomic E-state index is 0.237. The average molecular weight is 514 g/mol. The van der Waals surface area contributed by atoms with Crippen LogP contribution in [0.2, 0.25) is 0 Å². The van der Waals surface area contributed by atoms with Crippen LogP contribution in [0.4, 0.5) is 4.39 Å². The van der Waals surface area contributed by atoms with Gasteiger partial charge in [0, 0.05) is 19.2 Å². The highest BCUT2D eigenvalue weighted by atomic mass is 19.1. The third kappa shape index (κ3) is 5.00. The van der Waals surface area contributed by atoms with Crippen molar-refractivity contribution in [1.29, 1.82) is 0 Å². The predicted molar refractivity (Wildman–Crippen MR) is 144 cm³/mol. The van der Waals surface area contributed by atoms with Gasteiger partial charge in [0.1, 0.15) is 11.1 Å². The van der Waals surface area contributed by atoms with Crippen LogP contribution in [0.3, 0.4) is 0 Å². The van der Waals surface area contributed by atoms with Gasteiger partial charge in [-0.3, -0.25) is 13.9 Å². The van der Waals surface area contributed by atoms with E-state index in [0.717, 1.165) is 15.7 Å². The van der Waals surface area contributed by atoms with Gasteiger partial charge in [0.2, 0.25) is 11.8 Å². The summed E-state index contributed by atoms with van der Waals surface area (Å²) in [5.41, 5.74) is 1.31. The molecule has 0 bridgehead atoms. The lowest BCUT2D eigenvalue weighted by atomic mass is 9.97. The van der Waals surface area contributed by atoms with Crippen LogP contribution in [-0.2, 0) is 20.1 Å². The van der Waals surface area contributed by atoms with Crippen molar-refractivity contribution < 1.29 is 9.13 Å². The Morgan fingerprint density at radius 1 is 0.921 bits per heavy atom. The largest absolute Gasteiger partial charge is 0.438 e. The van der Waals surface area contributed by atoms with E-state index in [4.69, 9.17) is 9.84 Å². The number of rotatable bonds is 6. The van der Waals surface area contributed by atoms with E-state index in [2.05, 4.69) is 4.98 Å². The van der Waals surface area contributed by atoms with Crippen LogP contribution in [0.15, 0.2) is 82.4 Å². The molecule has 5 aromatic rings. The highest BCUT2D eigenvalue weighted by Crippen LogP contribution is 2.29. The first-order valence-corrected chi connectivity index (χ1v) is 12.3. The Morgan fingerprint density at radius 3 is 2.29 bits per heavy atom. The van der Waals surface area contributed by atoms with Crippen molar-refractivity contribution in [3.8, 4) is 22.9 Å². The van der Waals surface area contributed by atoms with E-state index in [0.29, 0.717) is 18.0 Å². The van der Waals surface area contributed by atoms with Crippen molar-refractivity contribution in [2.45, 2.75) is 33.9 Å². The fourth-order valence-electron chi connectivity index (χ4n) is 4.29. The molecule has 38 heavy (non-hydrogen) atoms. The van der Waals surface area contributed by atoms with Gasteiger partial charge in [-0.15, -0.1) is 0 Å². The van der Waals surface area contributed by atoms with Crippen LogP contribution in [0.25, 0.3) is 22.3 Å². The summed E-state index contributed by atoms with van der Waals surface area (Å²) < 4.78 is 24.0. The molecule has 0 aliphatic carbocycles. The Morgan fingerprint density at radius 2 is 1.63 bits per heavy atom. The zero-order chi connectivity index (χ0) is 27.0. The maximum atomic E-state index is 13.6. The van der Waals surface area contributed by atoms with Crippen molar-refractivity contribution in [2.75, 3.05) is 0 Å². The molecule has 0 saturated heterocycles. The number of ether oxygens (including phenoxy) is 1. The van der Waals surface area contributed by atoms with E-state index in [1.807, 2.05) is 63.2 Å². The molecule has 0 unspecified atom stereocenters. The van der Waals surface area contributed by atoms with E-state index >= 15 is 0 Å². The number of aromatic nitrogens is 5. The smallest absolute Gasteiger partial charge is 0.332 e. The van der Waals surface area contributed by atoms with Crippen molar-refractivity contribution >= 4 is 11.0 Å². The van der Waals surface area contributed by atoms with Gasteiger partial charge in [0.05, 0.1) is 12.2 Å². The van der Waals surface area contributed by atoms with Crippen LogP contribution in [0.1, 0.15) is 26.3 Å². The molecule has 3 heterocycles. The molecule has 3 aromatic heterocycles. The second-order valence-electron chi connectivity index (χ2n) is 10.4. The number of hydrogen-bond donors (Lipinski definition) is 0. The first kappa shape index (κ1) is 25.1. The third-order valence-electron chi connectivity index (χ3n) is 6.07. The van der Waals surface area contributed by atoms with Crippen LogP contribution in [0, 0.1) is 11.4 Å². The summed E-state index contributed by atoms with van der Waals surface area (Å²) in [7, 11) is 1.46. The summed E-state index contributed by atoms with van der Waals surface area (Å²) in [6.45, 7) is 6.70. The van der Waals surface area contributed by atoms with Crippen LogP contribution in [-0.4, -0.2) is 23.9 Å². The minimum atomic E-state index is -0.541. The molecule has 0 fully saturated rings. The molecule has 0 aliphatic rings. The number of nitrogens with zero attached hydrogens (tertiary/aromatic N) is 5. The summed E-state index contributed by atoms with van der Waals surface area (Å²) in [6.07, 6.45) is 0. The molecule has 0 radical (unpaired) electrons. The monoisotopic (exact) mass is 513 g/mol. The van der Waals surface area contributed by atoms with E-state index in [9.17, 15) is 14.0 Å². The zero-order valence-corrected chi connectivity index (χ0v) is 21.7. The molecule has 0 spiro atoms. The molecule has 0 atom stereocenters. The van der Waals surface area contributed by atoms with Gasteiger partial charge in [0.15, 0.2) is 5.65 Å². The Balaban J connectivity index is 1.64. The van der Waals surface area contributed by atoms with Crippen LogP contribution >= 0.6 is 0 Å². The van der Waals surface area contributed by atoms with Gasteiger partial charge in [0.25, 0.3) is 5.56 Å². The highest BCUT2D eigenvalue weighted by Gasteiger charge is 2.25. The molecule has 8 nitrogen and oxygen atoms in total. The molecule has 9 heteroatoms. The average Bonchev–Trinajstić information content (AvgIpc) is 3.23. The van der Waals surface area contributed by atoms with Crippen molar-refractivity contribution in [1.82, 2.24) is 23.9 Å². The van der Waals surface area contributed by atoms with Gasteiger partial charge < -0.3 is 4.74 Å². The number of benzene rings is 2. The fourth-order valence-corrected chi connectivity index (χ4v) is 4.29. The van der Waals surface area contributed by atoms with Crippen LogP contribution < -0.4 is 16.0 Å². The van der Waals surface area contributed by atoms with Crippen LogP contribution in [0.5, 0.6) is 11.6 Å². The molecular weight excluding hydrogens is 485 g/mol. The molecule has 2 aromatic carbocycles. The van der Waals surface area contributed by atoms with Crippen molar-refractivity contribution in [3.05, 3.63) is 105 Å². The normalized spacial score (nSPS) is 11.7. The first-order valence-electron chi connectivity index (χ1n) is 12.3. The summed E-state index contributed by atoms with van der Waals surface area (Å²) in [4.78, 5) is 30.4. The second-order valence-corrected chi connectivity index (χ2v) is 10.4. The zero-order valence-electron chi connectivity index (χ0n) is 21.7. The van der Waals surface area contributed by atoms with Crippen molar-refractivity contribution in [2.24, 2.45) is 12.5 Å². The van der Waals surface area contributed by atoms with Gasteiger partial charge in [-0.25, -0.2) is 14.5 Å². The number of fused-ring (bicyclic) bond motifs is 1. The predicted octanol–water partition coefficient (Wildman–Crippen LogP) is 4.98. The van der Waals surface area contributed by atoms with Crippen molar-refractivity contribution in [3.63, 3.8) is 0 Å². The van der Waals surface area contributed by atoms with Gasteiger partial charge in [-0.05, 0) is 35.2 Å². The Labute approximate surface area is 218 Å². The number of para-hydroxylation sites is 1.